The largest absolute Gasteiger partial charge is 0.312 e. The molecule has 6 nitrogen and oxygen atoms in total. The molecule has 2 rings (SSSR count). The predicted octanol–water partition coefficient (Wildman–Crippen LogP) is 1.52. The van der Waals surface area contributed by atoms with Gasteiger partial charge in [0.1, 0.15) is 0 Å². The van der Waals surface area contributed by atoms with Crippen LogP contribution < -0.4 is 10.0 Å². The second-order valence-electron chi connectivity index (χ2n) is 4.42. The maximum atomic E-state index is 12.3. The van der Waals surface area contributed by atoms with Gasteiger partial charge in [-0.3, -0.25) is 0 Å². The molecule has 2 aromatic heterocycles. The molecule has 0 radical (unpaired) electrons. The average molecular weight is 326 g/mol. The highest BCUT2D eigenvalue weighted by molar-refractivity contribution is 7.89. The van der Waals surface area contributed by atoms with Gasteiger partial charge in [0.25, 0.3) is 0 Å². The Bertz CT molecular complexity index is 656. The van der Waals surface area contributed by atoms with E-state index in [9.17, 15) is 8.42 Å². The molecular formula is C13H18N4O2S2. The van der Waals surface area contributed by atoms with Crippen LogP contribution in [0.1, 0.15) is 23.9 Å². The van der Waals surface area contributed by atoms with Crippen molar-refractivity contribution in [1.29, 1.82) is 0 Å². The van der Waals surface area contributed by atoms with Gasteiger partial charge in [-0.2, -0.15) is 10.2 Å². The molecule has 0 aliphatic rings. The highest BCUT2D eigenvalue weighted by atomic mass is 32.2. The lowest BCUT2D eigenvalue weighted by Crippen LogP contribution is -2.25. The first-order valence-electron chi connectivity index (χ1n) is 6.67. The van der Waals surface area contributed by atoms with Crippen molar-refractivity contribution in [2.24, 2.45) is 0 Å². The highest BCUT2D eigenvalue weighted by Crippen LogP contribution is 2.21. The first-order valence-corrected chi connectivity index (χ1v) is 9.03. The van der Waals surface area contributed by atoms with E-state index in [4.69, 9.17) is 0 Å². The second kappa shape index (κ2) is 7.60. The molecule has 0 spiro atoms. The Morgan fingerprint density at radius 1 is 1.29 bits per heavy atom. The molecule has 0 bridgehead atoms. The van der Waals surface area contributed by atoms with E-state index in [1.165, 1.54) is 11.3 Å². The van der Waals surface area contributed by atoms with Crippen LogP contribution >= 0.6 is 11.3 Å². The molecule has 0 atom stereocenters. The molecule has 21 heavy (non-hydrogen) atoms. The number of rotatable bonds is 8. The summed E-state index contributed by atoms with van der Waals surface area (Å²) in [6.45, 7) is 3.63. The average Bonchev–Trinajstić information content (AvgIpc) is 2.96. The van der Waals surface area contributed by atoms with E-state index < -0.39 is 10.0 Å². The zero-order valence-electron chi connectivity index (χ0n) is 11.7. The molecule has 0 saturated heterocycles. The normalized spacial score (nSPS) is 11.7. The van der Waals surface area contributed by atoms with E-state index >= 15 is 0 Å². The zero-order valence-corrected chi connectivity index (χ0v) is 13.4. The van der Waals surface area contributed by atoms with Gasteiger partial charge in [0.05, 0.1) is 17.1 Å². The monoisotopic (exact) mass is 326 g/mol. The summed E-state index contributed by atoms with van der Waals surface area (Å²) in [5, 5.41) is 12.6. The summed E-state index contributed by atoms with van der Waals surface area (Å²) in [5.74, 6) is 0. The number of nitrogens with zero attached hydrogens (tertiary/aromatic N) is 2. The van der Waals surface area contributed by atoms with Crippen LogP contribution in [0.15, 0.2) is 34.7 Å². The number of hydrogen-bond acceptors (Lipinski definition) is 6. The number of aromatic nitrogens is 2. The van der Waals surface area contributed by atoms with Crippen LogP contribution in [0.3, 0.4) is 0 Å². The van der Waals surface area contributed by atoms with Crippen molar-refractivity contribution in [3.05, 3.63) is 40.3 Å². The Kier molecular flexibility index (Phi) is 5.80. The Morgan fingerprint density at radius 2 is 2.14 bits per heavy atom. The Labute approximate surface area is 128 Å². The molecule has 0 aliphatic heterocycles. The molecule has 2 heterocycles. The molecule has 0 amide bonds. The molecule has 0 fully saturated rings. The summed E-state index contributed by atoms with van der Waals surface area (Å²) >= 11 is 1.44. The Hall–Kier alpha value is -1.35. The second-order valence-corrected chi connectivity index (χ2v) is 7.16. The molecule has 8 heteroatoms. The topological polar surface area (TPSA) is 84.0 Å². The standard InChI is InChI=1S/C13H18N4O2S2/c1-2-6-14-10-12-13(5-8-20-12)21(18,19)16-9-11-4-3-7-15-17-11/h3-5,7-8,14,16H,2,6,9-10H2,1H3. The lowest BCUT2D eigenvalue weighted by molar-refractivity contribution is 0.578. The quantitative estimate of drug-likeness (QED) is 0.719. The third-order valence-electron chi connectivity index (χ3n) is 2.78. The minimum atomic E-state index is -3.53. The fourth-order valence-corrected chi connectivity index (χ4v) is 4.16. The van der Waals surface area contributed by atoms with E-state index in [2.05, 4.69) is 27.2 Å². The van der Waals surface area contributed by atoms with Crippen LogP contribution in [0.4, 0.5) is 0 Å². The van der Waals surface area contributed by atoms with Gasteiger partial charge in [-0.25, -0.2) is 13.1 Å². The van der Waals surface area contributed by atoms with Crippen molar-refractivity contribution < 1.29 is 8.42 Å². The van der Waals surface area contributed by atoms with Gasteiger partial charge < -0.3 is 5.32 Å². The van der Waals surface area contributed by atoms with Crippen molar-refractivity contribution in [3.8, 4) is 0 Å². The van der Waals surface area contributed by atoms with Gasteiger partial charge >= 0.3 is 0 Å². The predicted molar refractivity (Wildman–Crippen MR) is 82.4 cm³/mol. The summed E-state index contributed by atoms with van der Waals surface area (Å²) in [6, 6.07) is 5.08. The Balaban J connectivity index is 2.04. The molecule has 0 unspecified atom stereocenters. The van der Waals surface area contributed by atoms with Gasteiger partial charge in [-0.15, -0.1) is 11.3 Å². The van der Waals surface area contributed by atoms with Crippen molar-refractivity contribution in [2.75, 3.05) is 6.54 Å². The number of nitrogens with one attached hydrogen (secondary N) is 2. The Morgan fingerprint density at radius 3 is 2.86 bits per heavy atom. The molecule has 0 aromatic carbocycles. The van der Waals surface area contributed by atoms with E-state index in [1.54, 1.807) is 29.8 Å². The molecule has 114 valence electrons. The first-order chi connectivity index (χ1) is 10.1. The van der Waals surface area contributed by atoms with E-state index in [-0.39, 0.29) is 6.54 Å². The molecule has 2 aromatic rings. The summed E-state index contributed by atoms with van der Waals surface area (Å²) in [7, 11) is -3.53. The minimum Gasteiger partial charge on any atom is -0.312 e. The number of sulfonamides is 1. The summed E-state index contributed by atoms with van der Waals surface area (Å²) in [6.07, 6.45) is 2.56. The van der Waals surface area contributed by atoms with Crippen LogP contribution in [0.25, 0.3) is 0 Å². The highest BCUT2D eigenvalue weighted by Gasteiger charge is 2.19. The smallest absolute Gasteiger partial charge is 0.242 e. The molecule has 0 aliphatic carbocycles. The fraction of sp³-hybridized carbons (Fsp3) is 0.385. The summed E-state index contributed by atoms with van der Waals surface area (Å²) in [5.41, 5.74) is 0.585. The van der Waals surface area contributed by atoms with Gasteiger partial charge in [0.2, 0.25) is 10.0 Å². The van der Waals surface area contributed by atoms with Crippen molar-refractivity contribution in [1.82, 2.24) is 20.2 Å². The van der Waals surface area contributed by atoms with Crippen LogP contribution in [-0.4, -0.2) is 25.2 Å². The van der Waals surface area contributed by atoms with Crippen LogP contribution in [0.5, 0.6) is 0 Å². The lowest BCUT2D eigenvalue weighted by Gasteiger charge is -2.08. The van der Waals surface area contributed by atoms with Gasteiger partial charge in [0, 0.05) is 17.6 Å². The van der Waals surface area contributed by atoms with Gasteiger partial charge in [0.15, 0.2) is 0 Å². The molecular weight excluding hydrogens is 308 g/mol. The molecule has 2 N–H and O–H groups in total. The third kappa shape index (κ3) is 4.57. The van der Waals surface area contributed by atoms with E-state index in [1.807, 2.05) is 0 Å². The SMILES string of the molecule is CCCNCc1sccc1S(=O)(=O)NCc1cccnn1. The maximum Gasteiger partial charge on any atom is 0.242 e. The van der Waals surface area contributed by atoms with Crippen molar-refractivity contribution in [2.45, 2.75) is 31.3 Å². The van der Waals surface area contributed by atoms with Gasteiger partial charge in [-0.1, -0.05) is 6.92 Å². The van der Waals surface area contributed by atoms with Gasteiger partial charge in [-0.05, 0) is 36.5 Å². The zero-order chi connectivity index (χ0) is 15.1. The maximum absolute atomic E-state index is 12.3. The van der Waals surface area contributed by atoms with E-state index in [0.29, 0.717) is 17.1 Å². The fourth-order valence-electron chi connectivity index (χ4n) is 1.75. The van der Waals surface area contributed by atoms with Crippen molar-refractivity contribution >= 4 is 21.4 Å². The number of hydrogen-bond donors (Lipinski definition) is 2. The summed E-state index contributed by atoms with van der Waals surface area (Å²) < 4.78 is 27.2. The molecule has 0 saturated carbocycles. The first kappa shape index (κ1) is 16.0. The lowest BCUT2D eigenvalue weighted by atomic mass is 10.4. The third-order valence-corrected chi connectivity index (χ3v) is 5.31. The van der Waals surface area contributed by atoms with Crippen LogP contribution in [-0.2, 0) is 23.1 Å². The van der Waals surface area contributed by atoms with Crippen LogP contribution in [0.2, 0.25) is 0 Å². The van der Waals surface area contributed by atoms with Crippen molar-refractivity contribution in [3.63, 3.8) is 0 Å². The van der Waals surface area contributed by atoms with Crippen LogP contribution in [0, 0.1) is 0 Å². The summed E-state index contributed by atoms with van der Waals surface area (Å²) in [4.78, 5) is 1.15. The van der Waals surface area contributed by atoms with E-state index in [0.717, 1.165) is 17.8 Å². The minimum absolute atomic E-state index is 0.133. The number of thiophene rings is 1.